The third-order valence-electron chi connectivity index (χ3n) is 5.61. The highest BCUT2D eigenvalue weighted by atomic mass is 16.5. The van der Waals surface area contributed by atoms with Crippen molar-refractivity contribution >= 4 is 5.78 Å². The van der Waals surface area contributed by atoms with Gasteiger partial charge in [0.05, 0.1) is 28.4 Å². The summed E-state index contributed by atoms with van der Waals surface area (Å²) < 4.78 is 21.5. The number of hydrogen-bond acceptors (Lipinski definition) is 6. The Morgan fingerprint density at radius 3 is 2.27 bits per heavy atom. The number of nitrogens with zero attached hydrogens (tertiary/aromatic N) is 1. The predicted molar refractivity (Wildman–Crippen MR) is 116 cm³/mol. The summed E-state index contributed by atoms with van der Waals surface area (Å²) in [7, 11) is 6.55. The van der Waals surface area contributed by atoms with Crippen molar-refractivity contribution in [3.05, 3.63) is 47.0 Å². The van der Waals surface area contributed by atoms with Crippen molar-refractivity contribution in [1.82, 2.24) is 4.90 Å². The molecule has 1 aliphatic rings. The van der Waals surface area contributed by atoms with Crippen molar-refractivity contribution < 1.29 is 23.7 Å². The van der Waals surface area contributed by atoms with Crippen LogP contribution in [0.3, 0.4) is 0 Å². The summed E-state index contributed by atoms with van der Waals surface area (Å²) in [4.78, 5) is 14.9. The summed E-state index contributed by atoms with van der Waals surface area (Å²) >= 11 is 0. The van der Waals surface area contributed by atoms with E-state index in [0.29, 0.717) is 18.6 Å². The molecule has 162 valence electrons. The number of ether oxygens (including phenoxy) is 4. The molecule has 0 radical (unpaired) electrons. The monoisotopic (exact) mass is 413 g/mol. The third kappa shape index (κ3) is 5.25. The Morgan fingerprint density at radius 1 is 0.900 bits per heavy atom. The third-order valence-corrected chi connectivity index (χ3v) is 5.61. The first-order valence-corrected chi connectivity index (χ1v) is 10.3. The molecule has 0 amide bonds. The minimum atomic E-state index is 0.224. The first-order valence-electron chi connectivity index (χ1n) is 10.3. The number of rotatable bonds is 10. The fraction of sp³-hybridized carbons (Fsp3) is 0.458. The maximum atomic E-state index is 12.5. The Hall–Kier alpha value is -2.73. The largest absolute Gasteiger partial charge is 0.497 e. The lowest BCUT2D eigenvalue weighted by Gasteiger charge is -2.29. The van der Waals surface area contributed by atoms with Gasteiger partial charge in [0.25, 0.3) is 0 Å². The van der Waals surface area contributed by atoms with Crippen LogP contribution in [0.1, 0.15) is 29.5 Å². The van der Waals surface area contributed by atoms with E-state index in [1.54, 1.807) is 28.4 Å². The van der Waals surface area contributed by atoms with Gasteiger partial charge in [0.2, 0.25) is 0 Å². The van der Waals surface area contributed by atoms with Gasteiger partial charge in [0.1, 0.15) is 17.3 Å². The van der Waals surface area contributed by atoms with Crippen molar-refractivity contribution in [3.8, 4) is 23.0 Å². The van der Waals surface area contributed by atoms with E-state index in [1.165, 1.54) is 11.1 Å². The van der Waals surface area contributed by atoms with Crippen LogP contribution in [-0.4, -0.2) is 52.2 Å². The zero-order valence-corrected chi connectivity index (χ0v) is 18.3. The molecule has 0 spiro atoms. The molecule has 1 aliphatic heterocycles. The van der Waals surface area contributed by atoms with Crippen molar-refractivity contribution in [2.45, 2.75) is 32.2 Å². The van der Waals surface area contributed by atoms with Gasteiger partial charge in [-0.05, 0) is 48.7 Å². The molecule has 2 aromatic carbocycles. The smallest absolute Gasteiger partial charge is 0.161 e. The molecule has 0 N–H and O–H groups in total. The molecule has 0 unspecified atom stereocenters. The van der Waals surface area contributed by atoms with Gasteiger partial charge >= 0.3 is 0 Å². The van der Waals surface area contributed by atoms with Crippen molar-refractivity contribution in [2.75, 3.05) is 41.5 Å². The van der Waals surface area contributed by atoms with Gasteiger partial charge in [-0.3, -0.25) is 9.69 Å². The molecule has 0 bridgehead atoms. The molecule has 0 atom stereocenters. The van der Waals surface area contributed by atoms with Crippen LogP contribution in [0.4, 0.5) is 0 Å². The van der Waals surface area contributed by atoms with Gasteiger partial charge < -0.3 is 18.9 Å². The van der Waals surface area contributed by atoms with E-state index in [1.807, 2.05) is 18.2 Å². The van der Waals surface area contributed by atoms with Gasteiger partial charge in [-0.25, -0.2) is 0 Å². The fourth-order valence-corrected chi connectivity index (χ4v) is 3.93. The van der Waals surface area contributed by atoms with E-state index in [-0.39, 0.29) is 5.78 Å². The number of methoxy groups -OCH3 is 4. The van der Waals surface area contributed by atoms with Crippen LogP contribution in [0.5, 0.6) is 23.0 Å². The van der Waals surface area contributed by atoms with Crippen LogP contribution in [0.25, 0.3) is 0 Å². The average molecular weight is 414 g/mol. The molecule has 0 aliphatic carbocycles. The zero-order valence-electron chi connectivity index (χ0n) is 18.3. The Kier molecular flexibility index (Phi) is 7.57. The standard InChI is InChI=1S/C24H31NO5/c1-27-21-8-7-18(22(15-21)28-2)12-20(26)6-5-10-25-11-9-17-13-23(29-3)24(30-4)14-19(17)16-25/h7-8,13-15H,5-6,9-12,16H2,1-4H3. The highest BCUT2D eigenvalue weighted by molar-refractivity contribution is 5.81. The van der Waals surface area contributed by atoms with Crippen LogP contribution < -0.4 is 18.9 Å². The molecule has 0 fully saturated rings. The Balaban J connectivity index is 1.51. The number of ketones is 1. The molecule has 0 saturated heterocycles. The number of hydrogen-bond donors (Lipinski definition) is 0. The summed E-state index contributed by atoms with van der Waals surface area (Å²) in [6, 6.07) is 9.73. The summed E-state index contributed by atoms with van der Waals surface area (Å²) in [5, 5.41) is 0. The van der Waals surface area contributed by atoms with Crippen LogP contribution >= 0.6 is 0 Å². The lowest BCUT2D eigenvalue weighted by Crippen LogP contribution is -2.31. The molecule has 3 rings (SSSR count). The Morgan fingerprint density at radius 2 is 1.60 bits per heavy atom. The van der Waals surface area contributed by atoms with Gasteiger partial charge in [0.15, 0.2) is 11.5 Å². The van der Waals surface area contributed by atoms with Gasteiger partial charge in [-0.1, -0.05) is 6.07 Å². The highest BCUT2D eigenvalue weighted by Gasteiger charge is 2.19. The lowest BCUT2D eigenvalue weighted by molar-refractivity contribution is -0.118. The molecule has 6 nitrogen and oxygen atoms in total. The van der Waals surface area contributed by atoms with E-state index in [4.69, 9.17) is 18.9 Å². The number of carbonyl (C=O) groups is 1. The highest BCUT2D eigenvalue weighted by Crippen LogP contribution is 2.33. The summed E-state index contributed by atoms with van der Waals surface area (Å²) in [6.07, 6.45) is 2.77. The molecule has 0 saturated carbocycles. The second kappa shape index (κ2) is 10.3. The van der Waals surface area contributed by atoms with E-state index in [9.17, 15) is 4.79 Å². The van der Waals surface area contributed by atoms with E-state index < -0.39 is 0 Å². The number of carbonyl (C=O) groups excluding carboxylic acids is 1. The SMILES string of the molecule is COc1ccc(CC(=O)CCCN2CCc3cc(OC)c(OC)cc3C2)c(OC)c1. The van der Waals surface area contributed by atoms with E-state index in [2.05, 4.69) is 17.0 Å². The van der Waals surface area contributed by atoms with Crippen molar-refractivity contribution in [2.24, 2.45) is 0 Å². The van der Waals surface area contributed by atoms with E-state index in [0.717, 1.165) is 55.3 Å². The van der Waals surface area contributed by atoms with Crippen LogP contribution in [0.2, 0.25) is 0 Å². The minimum Gasteiger partial charge on any atom is -0.497 e. The van der Waals surface area contributed by atoms with Gasteiger partial charge in [-0.15, -0.1) is 0 Å². The van der Waals surface area contributed by atoms with Crippen LogP contribution in [-0.2, 0) is 24.2 Å². The van der Waals surface area contributed by atoms with E-state index >= 15 is 0 Å². The molecule has 0 aromatic heterocycles. The zero-order chi connectivity index (χ0) is 21.5. The van der Waals surface area contributed by atoms with Gasteiger partial charge in [-0.2, -0.15) is 0 Å². The molecular weight excluding hydrogens is 382 g/mol. The predicted octanol–water partition coefficient (Wildman–Crippen LogP) is 3.67. The topological polar surface area (TPSA) is 57.2 Å². The number of fused-ring (bicyclic) bond motifs is 1. The van der Waals surface area contributed by atoms with Crippen molar-refractivity contribution in [3.63, 3.8) is 0 Å². The molecule has 1 heterocycles. The van der Waals surface area contributed by atoms with Crippen LogP contribution in [0, 0.1) is 0 Å². The molecule has 6 heteroatoms. The summed E-state index contributed by atoms with van der Waals surface area (Å²) in [5.74, 6) is 3.19. The maximum Gasteiger partial charge on any atom is 0.161 e. The summed E-state index contributed by atoms with van der Waals surface area (Å²) in [6.45, 7) is 2.76. The Labute approximate surface area is 178 Å². The average Bonchev–Trinajstić information content (AvgIpc) is 2.78. The first-order chi connectivity index (χ1) is 14.6. The molecular formula is C24H31NO5. The van der Waals surface area contributed by atoms with Crippen molar-refractivity contribution in [1.29, 1.82) is 0 Å². The lowest BCUT2D eigenvalue weighted by atomic mass is 9.98. The number of benzene rings is 2. The minimum absolute atomic E-state index is 0.224. The first kappa shape index (κ1) is 22.0. The fourth-order valence-electron chi connectivity index (χ4n) is 3.93. The Bertz CT molecular complexity index is 880. The normalized spacial score (nSPS) is 13.5. The maximum absolute atomic E-state index is 12.5. The molecule has 2 aromatic rings. The second-order valence-electron chi connectivity index (χ2n) is 7.50. The summed E-state index contributed by atoms with van der Waals surface area (Å²) in [5.41, 5.74) is 3.48. The molecule has 30 heavy (non-hydrogen) atoms. The quantitative estimate of drug-likeness (QED) is 0.592. The second-order valence-corrected chi connectivity index (χ2v) is 7.50. The van der Waals surface area contributed by atoms with Gasteiger partial charge in [0, 0.05) is 37.6 Å². The van der Waals surface area contributed by atoms with Crippen LogP contribution in [0.15, 0.2) is 30.3 Å². The number of Topliss-reactive ketones (excluding diaryl/α,β-unsaturated/α-hetero) is 1.